The van der Waals surface area contributed by atoms with Crippen molar-refractivity contribution in [2.24, 2.45) is 11.7 Å². The van der Waals surface area contributed by atoms with Gasteiger partial charge >= 0.3 is 0 Å². The Morgan fingerprint density at radius 2 is 2.14 bits per heavy atom. The molecule has 2 atom stereocenters. The van der Waals surface area contributed by atoms with Crippen molar-refractivity contribution < 1.29 is 0 Å². The average Bonchev–Trinajstić information content (AvgIpc) is 2.20. The molecule has 0 bridgehead atoms. The molecule has 0 saturated carbocycles. The van der Waals surface area contributed by atoms with E-state index in [4.69, 9.17) is 5.73 Å². The lowest BCUT2D eigenvalue weighted by Crippen LogP contribution is -2.52. The van der Waals surface area contributed by atoms with E-state index in [1.54, 1.807) is 0 Å². The van der Waals surface area contributed by atoms with E-state index >= 15 is 0 Å². The monoisotopic (exact) mass is 199 g/mol. The van der Waals surface area contributed by atoms with Crippen molar-refractivity contribution in [3.63, 3.8) is 0 Å². The van der Waals surface area contributed by atoms with Gasteiger partial charge in [0.05, 0.1) is 0 Å². The highest BCUT2D eigenvalue weighted by molar-refractivity contribution is 4.79. The summed E-state index contributed by atoms with van der Waals surface area (Å²) in [6.45, 7) is 10.1. The molecule has 1 heterocycles. The number of nitrogens with two attached hydrogens (primary N) is 1. The van der Waals surface area contributed by atoms with E-state index in [0.717, 1.165) is 12.6 Å². The molecule has 0 aliphatic carbocycles. The van der Waals surface area contributed by atoms with E-state index in [1.165, 1.54) is 32.6 Å². The zero-order valence-corrected chi connectivity index (χ0v) is 9.87. The van der Waals surface area contributed by atoms with E-state index in [2.05, 4.69) is 30.7 Å². The SMILES string of the molecule is CCC1CN(CC(C)CN)CCN1C. The molecule has 14 heavy (non-hydrogen) atoms. The Kier molecular flexibility index (Phi) is 4.85. The highest BCUT2D eigenvalue weighted by atomic mass is 15.3. The predicted octanol–water partition coefficient (Wildman–Crippen LogP) is 0.607. The van der Waals surface area contributed by atoms with E-state index in [0.29, 0.717) is 5.92 Å². The van der Waals surface area contributed by atoms with Crippen LogP contribution in [0.4, 0.5) is 0 Å². The molecule has 84 valence electrons. The first-order valence-corrected chi connectivity index (χ1v) is 5.80. The summed E-state index contributed by atoms with van der Waals surface area (Å²) in [5, 5.41) is 0. The molecular formula is C11H25N3. The Morgan fingerprint density at radius 1 is 1.43 bits per heavy atom. The fraction of sp³-hybridized carbons (Fsp3) is 1.00. The molecule has 0 radical (unpaired) electrons. The summed E-state index contributed by atoms with van der Waals surface area (Å²) in [7, 11) is 2.23. The van der Waals surface area contributed by atoms with Crippen molar-refractivity contribution in [1.82, 2.24) is 9.80 Å². The van der Waals surface area contributed by atoms with Gasteiger partial charge in [-0.25, -0.2) is 0 Å². The van der Waals surface area contributed by atoms with Crippen LogP contribution in [0, 0.1) is 5.92 Å². The predicted molar refractivity (Wildman–Crippen MR) is 61.4 cm³/mol. The number of hydrogen-bond donors (Lipinski definition) is 1. The molecule has 0 aromatic carbocycles. The molecule has 3 heteroatoms. The molecule has 0 spiro atoms. The Morgan fingerprint density at radius 3 is 2.71 bits per heavy atom. The van der Waals surface area contributed by atoms with Crippen LogP contribution in [0.3, 0.4) is 0 Å². The lowest BCUT2D eigenvalue weighted by molar-refractivity contribution is 0.0842. The van der Waals surface area contributed by atoms with Gasteiger partial charge in [0.1, 0.15) is 0 Å². The minimum Gasteiger partial charge on any atom is -0.330 e. The molecule has 1 aliphatic heterocycles. The summed E-state index contributed by atoms with van der Waals surface area (Å²) in [5.74, 6) is 0.635. The lowest BCUT2D eigenvalue weighted by atomic mass is 10.1. The van der Waals surface area contributed by atoms with E-state index in [-0.39, 0.29) is 0 Å². The maximum atomic E-state index is 5.65. The third-order valence-corrected chi connectivity index (χ3v) is 3.30. The maximum Gasteiger partial charge on any atom is 0.0218 e. The summed E-state index contributed by atoms with van der Waals surface area (Å²) in [4.78, 5) is 5.04. The second kappa shape index (κ2) is 5.69. The van der Waals surface area contributed by atoms with Crippen LogP contribution in [0.15, 0.2) is 0 Å². The first-order chi connectivity index (χ1) is 6.67. The minimum absolute atomic E-state index is 0.635. The number of rotatable bonds is 4. The first-order valence-electron chi connectivity index (χ1n) is 5.80. The number of piperazine rings is 1. The van der Waals surface area contributed by atoms with Gasteiger partial charge in [0.2, 0.25) is 0 Å². The normalized spacial score (nSPS) is 27.9. The van der Waals surface area contributed by atoms with Crippen LogP contribution >= 0.6 is 0 Å². The van der Waals surface area contributed by atoms with Gasteiger partial charge in [0, 0.05) is 32.2 Å². The van der Waals surface area contributed by atoms with Gasteiger partial charge in [-0.1, -0.05) is 13.8 Å². The summed E-state index contributed by atoms with van der Waals surface area (Å²) >= 11 is 0. The highest BCUT2D eigenvalue weighted by Gasteiger charge is 2.23. The van der Waals surface area contributed by atoms with Gasteiger partial charge < -0.3 is 15.5 Å². The molecule has 3 nitrogen and oxygen atoms in total. The van der Waals surface area contributed by atoms with Crippen LogP contribution in [0.5, 0.6) is 0 Å². The van der Waals surface area contributed by atoms with Crippen LogP contribution in [-0.2, 0) is 0 Å². The van der Waals surface area contributed by atoms with Gasteiger partial charge in [-0.15, -0.1) is 0 Å². The minimum atomic E-state index is 0.635. The Labute approximate surface area is 88.2 Å². The molecule has 1 rings (SSSR count). The topological polar surface area (TPSA) is 32.5 Å². The Bertz CT molecular complexity index is 161. The Balaban J connectivity index is 2.34. The van der Waals surface area contributed by atoms with Crippen molar-refractivity contribution >= 4 is 0 Å². The van der Waals surface area contributed by atoms with Crippen LogP contribution in [-0.4, -0.2) is 55.6 Å². The van der Waals surface area contributed by atoms with E-state index in [9.17, 15) is 0 Å². The second-order valence-electron chi connectivity index (χ2n) is 4.64. The van der Waals surface area contributed by atoms with Gasteiger partial charge in [-0.3, -0.25) is 0 Å². The summed E-state index contributed by atoms with van der Waals surface area (Å²) in [6, 6.07) is 0.744. The molecule has 0 amide bonds. The van der Waals surface area contributed by atoms with Crippen LogP contribution < -0.4 is 5.73 Å². The van der Waals surface area contributed by atoms with Gasteiger partial charge in [-0.2, -0.15) is 0 Å². The molecule has 0 aromatic rings. The Hall–Kier alpha value is -0.120. The molecule has 0 aromatic heterocycles. The van der Waals surface area contributed by atoms with Crippen molar-refractivity contribution in [2.45, 2.75) is 26.3 Å². The van der Waals surface area contributed by atoms with Crippen molar-refractivity contribution in [3.8, 4) is 0 Å². The van der Waals surface area contributed by atoms with Gasteiger partial charge in [0.25, 0.3) is 0 Å². The molecular weight excluding hydrogens is 174 g/mol. The zero-order valence-electron chi connectivity index (χ0n) is 9.87. The molecule has 1 saturated heterocycles. The first kappa shape index (κ1) is 12.0. The third-order valence-electron chi connectivity index (χ3n) is 3.30. The number of hydrogen-bond acceptors (Lipinski definition) is 3. The number of nitrogens with zero attached hydrogens (tertiary/aromatic N) is 2. The molecule has 1 fully saturated rings. The fourth-order valence-electron chi connectivity index (χ4n) is 2.13. The number of likely N-dealkylation sites (N-methyl/N-ethyl adjacent to an activating group) is 1. The summed E-state index contributed by atoms with van der Waals surface area (Å²) in [5.41, 5.74) is 5.65. The smallest absolute Gasteiger partial charge is 0.0218 e. The van der Waals surface area contributed by atoms with Crippen molar-refractivity contribution in [2.75, 3.05) is 39.8 Å². The average molecular weight is 199 g/mol. The standard InChI is InChI=1S/C11H25N3/c1-4-11-9-14(6-5-13(11)3)8-10(2)7-12/h10-11H,4-9,12H2,1-3H3. The quantitative estimate of drug-likeness (QED) is 0.720. The van der Waals surface area contributed by atoms with Gasteiger partial charge in [0.15, 0.2) is 0 Å². The fourth-order valence-corrected chi connectivity index (χ4v) is 2.13. The van der Waals surface area contributed by atoms with Crippen LogP contribution in [0.2, 0.25) is 0 Å². The largest absolute Gasteiger partial charge is 0.330 e. The lowest BCUT2D eigenvalue weighted by Gasteiger charge is -2.40. The maximum absolute atomic E-state index is 5.65. The van der Waals surface area contributed by atoms with E-state index in [1.807, 2.05) is 0 Å². The van der Waals surface area contributed by atoms with Crippen molar-refractivity contribution in [3.05, 3.63) is 0 Å². The highest BCUT2D eigenvalue weighted by Crippen LogP contribution is 2.11. The van der Waals surface area contributed by atoms with Crippen LogP contribution in [0.1, 0.15) is 20.3 Å². The van der Waals surface area contributed by atoms with Gasteiger partial charge in [-0.05, 0) is 25.9 Å². The summed E-state index contributed by atoms with van der Waals surface area (Å²) < 4.78 is 0. The molecule has 1 aliphatic rings. The molecule has 2 unspecified atom stereocenters. The van der Waals surface area contributed by atoms with Crippen LogP contribution in [0.25, 0.3) is 0 Å². The van der Waals surface area contributed by atoms with Crippen molar-refractivity contribution in [1.29, 1.82) is 0 Å². The second-order valence-corrected chi connectivity index (χ2v) is 4.64. The summed E-state index contributed by atoms with van der Waals surface area (Å²) in [6.07, 6.45) is 1.25. The molecule has 2 N–H and O–H groups in total. The third kappa shape index (κ3) is 3.23. The van der Waals surface area contributed by atoms with E-state index < -0.39 is 0 Å². The zero-order chi connectivity index (χ0) is 10.6.